The normalized spacial score (nSPS) is 11.1. The van der Waals surface area contributed by atoms with Crippen molar-refractivity contribution in [3.63, 3.8) is 0 Å². The van der Waals surface area contributed by atoms with Crippen molar-refractivity contribution >= 4 is 28.9 Å². The van der Waals surface area contributed by atoms with E-state index in [1.54, 1.807) is 18.4 Å². The molecule has 7 heteroatoms. The number of thiophene rings is 1. The van der Waals surface area contributed by atoms with E-state index < -0.39 is 0 Å². The summed E-state index contributed by atoms with van der Waals surface area (Å²) in [5, 5.41) is 11.5. The number of hydrogen-bond acceptors (Lipinski definition) is 4. The first kappa shape index (κ1) is 19.8. The summed E-state index contributed by atoms with van der Waals surface area (Å²) in [6.45, 7) is 5.64. The third-order valence-electron chi connectivity index (χ3n) is 3.58. The molecule has 0 aliphatic rings. The first-order chi connectivity index (χ1) is 12.6. The van der Waals surface area contributed by atoms with Gasteiger partial charge in [0.05, 0.1) is 19.3 Å². The number of aliphatic imine (C=N–C) groups is 1. The van der Waals surface area contributed by atoms with E-state index in [4.69, 9.17) is 4.74 Å². The molecule has 0 radical (unpaired) electrons. The molecule has 0 saturated heterocycles. The van der Waals surface area contributed by atoms with Crippen LogP contribution in [0.1, 0.15) is 24.3 Å². The highest BCUT2D eigenvalue weighted by atomic mass is 32.1. The smallest absolute Gasteiger partial charge is 0.221 e. The van der Waals surface area contributed by atoms with Crippen molar-refractivity contribution in [1.29, 1.82) is 0 Å². The molecule has 0 unspecified atom stereocenters. The Kier molecular flexibility index (Phi) is 7.95. The van der Waals surface area contributed by atoms with Crippen LogP contribution in [0, 0.1) is 0 Å². The van der Waals surface area contributed by atoms with E-state index in [-0.39, 0.29) is 5.91 Å². The summed E-state index contributed by atoms with van der Waals surface area (Å²) < 4.78 is 5.28. The molecule has 0 bridgehead atoms. The maximum atomic E-state index is 11.3. The number of ether oxygens (including phenoxy) is 1. The van der Waals surface area contributed by atoms with Gasteiger partial charge in [-0.15, -0.1) is 11.3 Å². The molecule has 1 heterocycles. The second-order valence-electron chi connectivity index (χ2n) is 5.67. The van der Waals surface area contributed by atoms with Gasteiger partial charge in [0.25, 0.3) is 0 Å². The van der Waals surface area contributed by atoms with Gasteiger partial charge in [0.2, 0.25) is 5.91 Å². The lowest BCUT2D eigenvalue weighted by Crippen LogP contribution is -2.38. The van der Waals surface area contributed by atoms with Crippen LogP contribution in [0.2, 0.25) is 0 Å². The number of benzene rings is 1. The molecule has 1 aromatic heterocycles. The molecule has 2 rings (SSSR count). The van der Waals surface area contributed by atoms with Gasteiger partial charge in [-0.2, -0.15) is 0 Å². The average molecular weight is 375 g/mol. The standard InChI is InChI=1S/C19H26N4O2S/c1-4-20-19(21-10-9-16-6-5-11-26-16)22-13-15-7-8-18(25-3)17(12-15)23-14(2)24/h5-8,11-12H,4,9-10,13H2,1-3H3,(H,23,24)(H2,20,21,22). The topological polar surface area (TPSA) is 74.8 Å². The van der Waals surface area contributed by atoms with Crippen LogP contribution in [0.15, 0.2) is 40.7 Å². The number of guanidine groups is 1. The molecule has 1 amide bonds. The van der Waals surface area contributed by atoms with Crippen molar-refractivity contribution in [3.05, 3.63) is 46.2 Å². The second kappa shape index (κ2) is 10.5. The maximum absolute atomic E-state index is 11.3. The number of hydrogen-bond donors (Lipinski definition) is 3. The molecule has 0 aliphatic heterocycles. The number of carbonyl (C=O) groups is 1. The first-order valence-corrected chi connectivity index (χ1v) is 9.49. The number of methoxy groups -OCH3 is 1. The van der Waals surface area contributed by atoms with Gasteiger partial charge in [0.15, 0.2) is 5.96 Å². The minimum absolute atomic E-state index is 0.132. The van der Waals surface area contributed by atoms with Crippen LogP contribution in [0.5, 0.6) is 5.75 Å². The van der Waals surface area contributed by atoms with Gasteiger partial charge in [-0.05, 0) is 42.5 Å². The highest BCUT2D eigenvalue weighted by molar-refractivity contribution is 7.09. The second-order valence-corrected chi connectivity index (χ2v) is 6.70. The molecule has 3 N–H and O–H groups in total. The number of carbonyl (C=O) groups excluding carboxylic acids is 1. The molecule has 26 heavy (non-hydrogen) atoms. The van der Waals surface area contributed by atoms with Crippen molar-refractivity contribution in [2.45, 2.75) is 26.8 Å². The summed E-state index contributed by atoms with van der Waals surface area (Å²) in [6, 6.07) is 9.88. The summed E-state index contributed by atoms with van der Waals surface area (Å²) in [4.78, 5) is 17.3. The van der Waals surface area contributed by atoms with E-state index in [1.807, 2.05) is 25.1 Å². The predicted octanol–water partition coefficient (Wildman–Crippen LogP) is 3.01. The van der Waals surface area contributed by atoms with Crippen LogP contribution in [0.3, 0.4) is 0 Å². The van der Waals surface area contributed by atoms with Gasteiger partial charge in [0.1, 0.15) is 5.75 Å². The van der Waals surface area contributed by atoms with Gasteiger partial charge in [-0.1, -0.05) is 12.1 Å². The Bertz CT molecular complexity index is 729. The van der Waals surface area contributed by atoms with Crippen molar-refractivity contribution in [2.24, 2.45) is 4.99 Å². The number of nitrogens with zero attached hydrogens (tertiary/aromatic N) is 1. The fraction of sp³-hybridized carbons (Fsp3) is 0.368. The van der Waals surface area contributed by atoms with Gasteiger partial charge in [0, 0.05) is 24.9 Å². The van der Waals surface area contributed by atoms with Gasteiger partial charge in [-0.25, -0.2) is 4.99 Å². The van der Waals surface area contributed by atoms with Gasteiger partial charge < -0.3 is 20.7 Å². The predicted molar refractivity (Wildman–Crippen MR) is 108 cm³/mol. The number of anilines is 1. The van der Waals surface area contributed by atoms with E-state index in [9.17, 15) is 4.79 Å². The van der Waals surface area contributed by atoms with E-state index in [2.05, 4.69) is 38.5 Å². The Morgan fingerprint density at radius 1 is 1.27 bits per heavy atom. The number of nitrogens with one attached hydrogen (secondary N) is 3. The van der Waals surface area contributed by atoms with Crippen LogP contribution in [0.4, 0.5) is 5.69 Å². The van der Waals surface area contributed by atoms with Gasteiger partial charge in [-0.3, -0.25) is 4.79 Å². The highest BCUT2D eigenvalue weighted by Gasteiger charge is 2.06. The molecule has 140 valence electrons. The van der Waals surface area contributed by atoms with Crippen LogP contribution in [-0.2, 0) is 17.8 Å². The van der Waals surface area contributed by atoms with Crippen molar-refractivity contribution < 1.29 is 9.53 Å². The average Bonchev–Trinajstić information content (AvgIpc) is 3.13. The third kappa shape index (κ3) is 6.40. The van der Waals surface area contributed by atoms with E-state index in [0.717, 1.165) is 31.0 Å². The Balaban J connectivity index is 1.99. The van der Waals surface area contributed by atoms with E-state index in [0.29, 0.717) is 18.0 Å². The summed E-state index contributed by atoms with van der Waals surface area (Å²) in [6.07, 6.45) is 0.970. The van der Waals surface area contributed by atoms with Gasteiger partial charge >= 0.3 is 0 Å². The molecular formula is C19H26N4O2S. The van der Waals surface area contributed by atoms with E-state index >= 15 is 0 Å². The fourth-order valence-corrected chi connectivity index (χ4v) is 3.12. The lowest BCUT2D eigenvalue weighted by atomic mass is 10.2. The molecule has 0 saturated carbocycles. The highest BCUT2D eigenvalue weighted by Crippen LogP contribution is 2.25. The molecule has 0 aliphatic carbocycles. The Labute approximate surface area is 158 Å². The third-order valence-corrected chi connectivity index (χ3v) is 4.52. The summed E-state index contributed by atoms with van der Waals surface area (Å²) in [5.41, 5.74) is 1.65. The largest absolute Gasteiger partial charge is 0.495 e. The zero-order valence-electron chi connectivity index (χ0n) is 15.5. The lowest BCUT2D eigenvalue weighted by Gasteiger charge is -2.12. The summed E-state index contributed by atoms with van der Waals surface area (Å²) in [5.74, 6) is 1.28. The number of amides is 1. The number of rotatable bonds is 8. The zero-order chi connectivity index (χ0) is 18.8. The molecule has 6 nitrogen and oxygen atoms in total. The molecular weight excluding hydrogens is 348 g/mol. The Hall–Kier alpha value is -2.54. The van der Waals surface area contributed by atoms with Crippen LogP contribution < -0.4 is 20.7 Å². The molecule has 1 aromatic carbocycles. The molecule has 0 fully saturated rings. The minimum Gasteiger partial charge on any atom is -0.495 e. The Morgan fingerprint density at radius 3 is 2.77 bits per heavy atom. The maximum Gasteiger partial charge on any atom is 0.221 e. The first-order valence-electron chi connectivity index (χ1n) is 8.61. The zero-order valence-corrected chi connectivity index (χ0v) is 16.3. The minimum atomic E-state index is -0.132. The summed E-state index contributed by atoms with van der Waals surface area (Å²) in [7, 11) is 1.58. The SMILES string of the molecule is CCNC(=NCc1ccc(OC)c(NC(C)=O)c1)NCCc1cccs1. The summed E-state index contributed by atoms with van der Waals surface area (Å²) >= 11 is 1.76. The fourth-order valence-electron chi connectivity index (χ4n) is 2.41. The quantitative estimate of drug-likeness (QED) is 0.490. The van der Waals surface area contributed by atoms with Crippen molar-refractivity contribution in [3.8, 4) is 5.75 Å². The lowest BCUT2D eigenvalue weighted by molar-refractivity contribution is -0.114. The van der Waals surface area contributed by atoms with Crippen molar-refractivity contribution in [2.75, 3.05) is 25.5 Å². The molecule has 0 atom stereocenters. The molecule has 0 spiro atoms. The van der Waals surface area contributed by atoms with Crippen LogP contribution >= 0.6 is 11.3 Å². The van der Waals surface area contributed by atoms with E-state index in [1.165, 1.54) is 11.8 Å². The monoisotopic (exact) mass is 374 g/mol. The van der Waals surface area contributed by atoms with Crippen molar-refractivity contribution in [1.82, 2.24) is 10.6 Å². The Morgan fingerprint density at radius 2 is 2.12 bits per heavy atom. The van der Waals surface area contributed by atoms with Crippen LogP contribution in [0.25, 0.3) is 0 Å². The van der Waals surface area contributed by atoms with Crippen LogP contribution in [-0.4, -0.2) is 32.1 Å². The molecule has 2 aromatic rings.